The first-order valence-electron chi connectivity index (χ1n) is 6.42. The van der Waals surface area contributed by atoms with E-state index in [4.69, 9.17) is 4.52 Å². The second-order valence-electron chi connectivity index (χ2n) is 5.49. The van der Waals surface area contributed by atoms with Crippen LogP contribution in [0.4, 0.5) is 0 Å². The molecule has 0 aliphatic rings. The quantitative estimate of drug-likeness (QED) is 0.830. The maximum absolute atomic E-state index is 9.74. The SMILES string of the molecule is CC(C)CCc1noc(C(C(C)C)C(C)O)n1. The minimum atomic E-state index is -0.464. The maximum Gasteiger partial charge on any atom is 0.232 e. The van der Waals surface area contributed by atoms with E-state index in [9.17, 15) is 5.11 Å². The number of rotatable bonds is 6. The fourth-order valence-corrected chi connectivity index (χ4v) is 1.97. The van der Waals surface area contributed by atoms with Crippen molar-refractivity contribution in [3.8, 4) is 0 Å². The van der Waals surface area contributed by atoms with Gasteiger partial charge >= 0.3 is 0 Å². The van der Waals surface area contributed by atoms with Crippen LogP contribution in [0.25, 0.3) is 0 Å². The van der Waals surface area contributed by atoms with Crippen LogP contribution in [0.3, 0.4) is 0 Å². The van der Waals surface area contributed by atoms with E-state index in [2.05, 4.69) is 37.8 Å². The predicted octanol–water partition coefficient (Wildman–Crippen LogP) is 2.78. The summed E-state index contributed by atoms with van der Waals surface area (Å²) in [5.74, 6) is 2.16. The summed E-state index contributed by atoms with van der Waals surface area (Å²) in [4.78, 5) is 4.39. The lowest BCUT2D eigenvalue weighted by Gasteiger charge is -2.19. The van der Waals surface area contributed by atoms with E-state index in [1.807, 2.05) is 0 Å². The van der Waals surface area contributed by atoms with Crippen LogP contribution in [-0.2, 0) is 6.42 Å². The Bertz CT molecular complexity index is 324. The molecule has 0 bridgehead atoms. The lowest BCUT2D eigenvalue weighted by Crippen LogP contribution is -2.20. The molecule has 4 heteroatoms. The third-order valence-electron chi connectivity index (χ3n) is 2.95. The normalized spacial score (nSPS) is 15.5. The summed E-state index contributed by atoms with van der Waals surface area (Å²) in [7, 11) is 0. The van der Waals surface area contributed by atoms with Gasteiger partial charge in [0.25, 0.3) is 0 Å². The van der Waals surface area contributed by atoms with Gasteiger partial charge in [0.2, 0.25) is 5.89 Å². The molecule has 98 valence electrons. The molecule has 4 nitrogen and oxygen atoms in total. The molecular weight excluding hydrogens is 216 g/mol. The van der Waals surface area contributed by atoms with Crippen molar-refractivity contribution in [1.82, 2.24) is 10.1 Å². The molecule has 1 N–H and O–H groups in total. The first-order valence-corrected chi connectivity index (χ1v) is 6.42. The Kier molecular flexibility index (Phi) is 5.12. The maximum atomic E-state index is 9.74. The topological polar surface area (TPSA) is 59.2 Å². The summed E-state index contributed by atoms with van der Waals surface area (Å²) in [6, 6.07) is 0. The van der Waals surface area contributed by atoms with Crippen molar-refractivity contribution in [2.75, 3.05) is 0 Å². The molecule has 0 radical (unpaired) electrons. The highest BCUT2D eigenvalue weighted by atomic mass is 16.5. The van der Waals surface area contributed by atoms with Crippen LogP contribution in [-0.4, -0.2) is 21.4 Å². The number of hydrogen-bond acceptors (Lipinski definition) is 4. The zero-order chi connectivity index (χ0) is 13.0. The molecule has 0 aliphatic carbocycles. The Balaban J connectivity index is 2.71. The highest BCUT2D eigenvalue weighted by Crippen LogP contribution is 2.26. The molecule has 1 aromatic rings. The fourth-order valence-electron chi connectivity index (χ4n) is 1.97. The van der Waals surface area contributed by atoms with Crippen LogP contribution >= 0.6 is 0 Å². The van der Waals surface area contributed by atoms with Gasteiger partial charge in [0.1, 0.15) is 0 Å². The number of aryl methyl sites for hydroxylation is 1. The van der Waals surface area contributed by atoms with Crippen LogP contribution in [0.15, 0.2) is 4.52 Å². The monoisotopic (exact) mass is 240 g/mol. The zero-order valence-electron chi connectivity index (χ0n) is 11.5. The van der Waals surface area contributed by atoms with Gasteiger partial charge in [-0.1, -0.05) is 32.9 Å². The average molecular weight is 240 g/mol. The van der Waals surface area contributed by atoms with Gasteiger partial charge in [-0.05, 0) is 25.2 Å². The van der Waals surface area contributed by atoms with Gasteiger partial charge in [0.15, 0.2) is 5.82 Å². The molecule has 0 saturated carbocycles. The highest BCUT2D eigenvalue weighted by Gasteiger charge is 2.26. The largest absolute Gasteiger partial charge is 0.393 e. The van der Waals surface area contributed by atoms with Crippen molar-refractivity contribution >= 4 is 0 Å². The zero-order valence-corrected chi connectivity index (χ0v) is 11.5. The first-order chi connectivity index (χ1) is 7.91. The van der Waals surface area contributed by atoms with Gasteiger partial charge in [-0.25, -0.2) is 0 Å². The third kappa shape index (κ3) is 4.11. The molecule has 1 aromatic heterocycles. The van der Waals surface area contributed by atoms with E-state index in [1.54, 1.807) is 6.92 Å². The standard InChI is InChI=1S/C13H24N2O2/c1-8(2)6-7-11-14-13(17-15-11)12(9(3)4)10(5)16/h8-10,12,16H,6-7H2,1-5H3. The second-order valence-corrected chi connectivity index (χ2v) is 5.49. The van der Waals surface area contributed by atoms with Crippen LogP contribution in [0.1, 0.15) is 58.7 Å². The number of aromatic nitrogens is 2. The van der Waals surface area contributed by atoms with Gasteiger partial charge in [-0.3, -0.25) is 0 Å². The van der Waals surface area contributed by atoms with Crippen LogP contribution < -0.4 is 0 Å². The third-order valence-corrected chi connectivity index (χ3v) is 2.95. The molecule has 1 rings (SSSR count). The summed E-state index contributed by atoms with van der Waals surface area (Å²) in [5.41, 5.74) is 0. The van der Waals surface area contributed by atoms with E-state index >= 15 is 0 Å². The van der Waals surface area contributed by atoms with E-state index in [0.29, 0.717) is 11.8 Å². The molecule has 0 amide bonds. The minimum absolute atomic E-state index is 0.0738. The van der Waals surface area contributed by atoms with Crippen molar-refractivity contribution in [1.29, 1.82) is 0 Å². The van der Waals surface area contributed by atoms with Crippen molar-refractivity contribution in [3.05, 3.63) is 11.7 Å². The molecule has 0 saturated heterocycles. The molecule has 0 spiro atoms. The Morgan fingerprint density at radius 1 is 1.18 bits per heavy atom. The Hall–Kier alpha value is -0.900. The molecule has 17 heavy (non-hydrogen) atoms. The van der Waals surface area contributed by atoms with E-state index in [0.717, 1.165) is 18.7 Å². The van der Waals surface area contributed by atoms with Crippen molar-refractivity contribution in [2.45, 2.75) is 59.5 Å². The minimum Gasteiger partial charge on any atom is -0.393 e. The van der Waals surface area contributed by atoms with E-state index < -0.39 is 6.10 Å². The highest BCUT2D eigenvalue weighted by molar-refractivity contribution is 4.98. The van der Waals surface area contributed by atoms with E-state index in [1.165, 1.54) is 0 Å². The van der Waals surface area contributed by atoms with Crippen LogP contribution in [0, 0.1) is 11.8 Å². The smallest absolute Gasteiger partial charge is 0.232 e. The van der Waals surface area contributed by atoms with E-state index in [-0.39, 0.29) is 11.8 Å². The fraction of sp³-hybridized carbons (Fsp3) is 0.846. The summed E-state index contributed by atoms with van der Waals surface area (Å²) in [6.45, 7) is 10.2. The number of aliphatic hydroxyl groups is 1. The molecule has 1 heterocycles. The number of aliphatic hydroxyl groups excluding tert-OH is 1. The van der Waals surface area contributed by atoms with Crippen molar-refractivity contribution in [3.63, 3.8) is 0 Å². The Labute approximate surface area is 103 Å². The molecule has 2 unspecified atom stereocenters. The Morgan fingerprint density at radius 3 is 2.29 bits per heavy atom. The summed E-state index contributed by atoms with van der Waals surface area (Å²) in [5, 5.41) is 13.7. The van der Waals surface area contributed by atoms with Gasteiger partial charge in [-0.2, -0.15) is 4.98 Å². The summed E-state index contributed by atoms with van der Waals surface area (Å²) >= 11 is 0. The average Bonchev–Trinajstić information content (AvgIpc) is 2.62. The van der Waals surface area contributed by atoms with Gasteiger partial charge in [-0.15, -0.1) is 0 Å². The molecule has 0 aromatic carbocycles. The van der Waals surface area contributed by atoms with Crippen molar-refractivity contribution in [2.24, 2.45) is 11.8 Å². The van der Waals surface area contributed by atoms with Gasteiger partial charge < -0.3 is 9.63 Å². The van der Waals surface area contributed by atoms with Gasteiger partial charge in [0.05, 0.1) is 12.0 Å². The molecular formula is C13H24N2O2. The van der Waals surface area contributed by atoms with Gasteiger partial charge in [0, 0.05) is 6.42 Å². The summed E-state index contributed by atoms with van der Waals surface area (Å²) < 4.78 is 5.26. The Morgan fingerprint density at radius 2 is 1.82 bits per heavy atom. The lowest BCUT2D eigenvalue weighted by molar-refractivity contribution is 0.120. The molecule has 0 aliphatic heterocycles. The predicted molar refractivity (Wildman–Crippen MR) is 66.7 cm³/mol. The van der Waals surface area contributed by atoms with Crippen molar-refractivity contribution < 1.29 is 9.63 Å². The number of hydrogen-bond donors (Lipinski definition) is 1. The van der Waals surface area contributed by atoms with Crippen LogP contribution in [0.5, 0.6) is 0 Å². The number of nitrogens with zero attached hydrogens (tertiary/aromatic N) is 2. The summed E-state index contributed by atoms with van der Waals surface area (Å²) in [6.07, 6.45) is 1.43. The second kappa shape index (κ2) is 6.15. The van der Waals surface area contributed by atoms with Crippen LogP contribution in [0.2, 0.25) is 0 Å². The lowest BCUT2D eigenvalue weighted by atomic mass is 9.91. The first kappa shape index (κ1) is 14.2. The molecule has 0 fully saturated rings. The molecule has 2 atom stereocenters.